The summed E-state index contributed by atoms with van der Waals surface area (Å²) in [6.07, 6.45) is 2.60. The zero-order valence-corrected chi connectivity index (χ0v) is 11.6. The van der Waals surface area contributed by atoms with E-state index in [1.54, 1.807) is 11.1 Å². The van der Waals surface area contributed by atoms with Crippen molar-refractivity contribution in [3.63, 3.8) is 0 Å². The largest absolute Gasteiger partial charge is 0.0561 e. The predicted octanol–water partition coefficient (Wildman–Crippen LogP) is 4.65. The van der Waals surface area contributed by atoms with Crippen LogP contribution in [0.15, 0.2) is 12.1 Å². The van der Waals surface area contributed by atoms with Crippen molar-refractivity contribution >= 4 is 0 Å². The van der Waals surface area contributed by atoms with Crippen molar-refractivity contribution in [2.75, 3.05) is 0 Å². The fourth-order valence-electron chi connectivity index (χ4n) is 3.28. The minimum absolute atomic E-state index is 0.349. The third-order valence-electron chi connectivity index (χ3n) is 4.26. The van der Waals surface area contributed by atoms with E-state index in [1.807, 2.05) is 0 Å². The molecule has 0 nitrogen and oxygen atoms in total. The number of fused-ring (bicyclic) bond motifs is 1. The monoisotopic (exact) mass is 216 g/mol. The summed E-state index contributed by atoms with van der Waals surface area (Å²) >= 11 is 0. The van der Waals surface area contributed by atoms with Crippen molar-refractivity contribution in [1.82, 2.24) is 0 Å². The summed E-state index contributed by atoms with van der Waals surface area (Å²) in [6.45, 7) is 14.0. The van der Waals surface area contributed by atoms with E-state index in [1.165, 1.54) is 24.0 Å². The van der Waals surface area contributed by atoms with E-state index in [0.717, 1.165) is 0 Å². The van der Waals surface area contributed by atoms with E-state index in [-0.39, 0.29) is 0 Å². The molecular formula is C16H24. The summed E-state index contributed by atoms with van der Waals surface area (Å²) in [5, 5.41) is 0. The van der Waals surface area contributed by atoms with E-state index in [2.05, 4.69) is 53.7 Å². The average Bonchev–Trinajstić information content (AvgIpc) is 2.11. The summed E-state index contributed by atoms with van der Waals surface area (Å²) in [5.74, 6) is 0. The third-order valence-corrected chi connectivity index (χ3v) is 4.26. The van der Waals surface area contributed by atoms with Gasteiger partial charge < -0.3 is 0 Å². The maximum absolute atomic E-state index is 2.41. The maximum Gasteiger partial charge on any atom is -0.00977 e. The second-order valence-corrected chi connectivity index (χ2v) is 6.77. The average molecular weight is 216 g/mol. The quantitative estimate of drug-likeness (QED) is 0.592. The van der Waals surface area contributed by atoms with E-state index in [0.29, 0.717) is 10.8 Å². The van der Waals surface area contributed by atoms with Gasteiger partial charge in [0.15, 0.2) is 0 Å². The smallest absolute Gasteiger partial charge is 0.00977 e. The molecule has 0 fully saturated rings. The lowest BCUT2D eigenvalue weighted by molar-refractivity contribution is 0.330. The van der Waals surface area contributed by atoms with Gasteiger partial charge in [0.1, 0.15) is 0 Å². The molecule has 0 amide bonds. The Labute approximate surface area is 100 Å². The van der Waals surface area contributed by atoms with Crippen molar-refractivity contribution < 1.29 is 0 Å². The van der Waals surface area contributed by atoms with Gasteiger partial charge in [0.2, 0.25) is 0 Å². The maximum atomic E-state index is 2.41. The Balaban J connectivity index is 2.74. The number of aryl methyl sites for hydroxylation is 2. The van der Waals surface area contributed by atoms with Gasteiger partial charge in [0.05, 0.1) is 0 Å². The summed E-state index contributed by atoms with van der Waals surface area (Å²) in [7, 11) is 0. The van der Waals surface area contributed by atoms with Crippen molar-refractivity contribution in [2.24, 2.45) is 0 Å². The van der Waals surface area contributed by atoms with Crippen LogP contribution in [0.5, 0.6) is 0 Å². The fourth-order valence-corrected chi connectivity index (χ4v) is 3.28. The van der Waals surface area contributed by atoms with Crippen LogP contribution < -0.4 is 0 Å². The van der Waals surface area contributed by atoms with Crippen LogP contribution in [0, 0.1) is 13.8 Å². The van der Waals surface area contributed by atoms with Crippen molar-refractivity contribution in [3.8, 4) is 0 Å². The van der Waals surface area contributed by atoms with Gasteiger partial charge in [-0.3, -0.25) is 0 Å². The molecule has 0 N–H and O–H groups in total. The molecule has 0 unspecified atom stereocenters. The van der Waals surface area contributed by atoms with Crippen LogP contribution in [0.3, 0.4) is 0 Å². The van der Waals surface area contributed by atoms with E-state index in [9.17, 15) is 0 Å². The molecule has 0 atom stereocenters. The molecule has 88 valence electrons. The van der Waals surface area contributed by atoms with Crippen LogP contribution in [0.2, 0.25) is 0 Å². The van der Waals surface area contributed by atoms with E-state index >= 15 is 0 Å². The minimum Gasteiger partial charge on any atom is -0.0561 e. The van der Waals surface area contributed by atoms with Gasteiger partial charge in [0.25, 0.3) is 0 Å². The van der Waals surface area contributed by atoms with Gasteiger partial charge in [0, 0.05) is 0 Å². The Bertz CT molecular complexity index is 422. The van der Waals surface area contributed by atoms with Crippen LogP contribution in [-0.2, 0) is 10.8 Å². The Morgan fingerprint density at radius 2 is 1.44 bits per heavy atom. The fraction of sp³-hybridized carbons (Fsp3) is 0.625. The highest BCUT2D eigenvalue weighted by molar-refractivity contribution is 5.48. The first-order valence-electron chi connectivity index (χ1n) is 6.36. The number of hydrogen-bond donors (Lipinski definition) is 0. The molecule has 0 aromatic heterocycles. The topological polar surface area (TPSA) is 0 Å². The van der Waals surface area contributed by atoms with Gasteiger partial charge in [-0.25, -0.2) is 0 Å². The van der Waals surface area contributed by atoms with Crippen LogP contribution in [0.1, 0.15) is 62.8 Å². The predicted molar refractivity (Wildman–Crippen MR) is 71.2 cm³/mol. The molecule has 0 heteroatoms. The molecule has 1 aliphatic carbocycles. The number of rotatable bonds is 0. The SMILES string of the molecule is Cc1cc(C)c2c(c1)C(C)(C)CCC2(C)C. The second-order valence-electron chi connectivity index (χ2n) is 6.77. The first kappa shape index (κ1) is 11.7. The molecule has 2 rings (SSSR count). The molecule has 0 bridgehead atoms. The van der Waals surface area contributed by atoms with Crippen LogP contribution >= 0.6 is 0 Å². The van der Waals surface area contributed by atoms with Gasteiger partial charge in [-0.15, -0.1) is 0 Å². The van der Waals surface area contributed by atoms with Crippen molar-refractivity contribution in [2.45, 2.75) is 65.2 Å². The normalized spacial score (nSPS) is 21.6. The van der Waals surface area contributed by atoms with Gasteiger partial charge in [-0.05, 0) is 54.2 Å². The molecule has 0 radical (unpaired) electrons. The zero-order chi connectivity index (χ0) is 12.1. The highest BCUT2D eigenvalue weighted by Gasteiger charge is 2.37. The Kier molecular flexibility index (Phi) is 2.45. The molecule has 0 heterocycles. The molecule has 16 heavy (non-hydrogen) atoms. The molecule has 0 saturated carbocycles. The molecule has 0 aliphatic heterocycles. The molecular weight excluding hydrogens is 192 g/mol. The first-order chi connectivity index (χ1) is 7.24. The lowest BCUT2D eigenvalue weighted by Gasteiger charge is -2.43. The molecule has 0 saturated heterocycles. The van der Waals surface area contributed by atoms with Crippen LogP contribution in [0.4, 0.5) is 0 Å². The van der Waals surface area contributed by atoms with Gasteiger partial charge in [-0.1, -0.05) is 45.4 Å². The Morgan fingerprint density at radius 1 is 0.875 bits per heavy atom. The summed E-state index contributed by atoms with van der Waals surface area (Å²) in [6, 6.07) is 4.74. The highest BCUT2D eigenvalue weighted by Crippen LogP contribution is 2.47. The van der Waals surface area contributed by atoms with Crippen molar-refractivity contribution in [3.05, 3.63) is 34.4 Å². The third kappa shape index (κ3) is 1.69. The van der Waals surface area contributed by atoms with Crippen LogP contribution in [0.25, 0.3) is 0 Å². The van der Waals surface area contributed by atoms with Crippen molar-refractivity contribution in [1.29, 1.82) is 0 Å². The van der Waals surface area contributed by atoms with E-state index < -0.39 is 0 Å². The molecule has 1 aliphatic rings. The van der Waals surface area contributed by atoms with E-state index in [4.69, 9.17) is 0 Å². The summed E-state index contributed by atoms with van der Waals surface area (Å²) in [5.41, 5.74) is 6.77. The minimum atomic E-state index is 0.349. The molecule has 1 aromatic carbocycles. The highest BCUT2D eigenvalue weighted by atomic mass is 14.4. The zero-order valence-electron chi connectivity index (χ0n) is 11.6. The molecule has 1 aromatic rings. The van der Waals surface area contributed by atoms with Gasteiger partial charge in [-0.2, -0.15) is 0 Å². The Hall–Kier alpha value is -0.780. The number of hydrogen-bond acceptors (Lipinski definition) is 0. The second kappa shape index (κ2) is 3.35. The Morgan fingerprint density at radius 3 is 2.06 bits per heavy atom. The lowest BCUT2D eigenvalue weighted by atomic mass is 9.62. The standard InChI is InChI=1S/C16H24/c1-11-9-12(2)14-13(10-11)15(3,4)7-8-16(14,5)6/h9-10H,7-8H2,1-6H3. The first-order valence-corrected chi connectivity index (χ1v) is 6.36. The summed E-state index contributed by atoms with van der Waals surface area (Å²) in [4.78, 5) is 0. The molecule has 0 spiro atoms. The van der Waals surface area contributed by atoms with Crippen LogP contribution in [-0.4, -0.2) is 0 Å². The van der Waals surface area contributed by atoms with Gasteiger partial charge >= 0.3 is 0 Å². The number of benzene rings is 1. The lowest BCUT2D eigenvalue weighted by Crippen LogP contribution is -2.34. The summed E-state index contributed by atoms with van der Waals surface area (Å²) < 4.78 is 0.